The molecule has 0 amide bonds. The molecule has 0 spiro atoms. The third kappa shape index (κ3) is 3.65. The molecule has 182 valence electrons. The number of hydrogen-bond acceptors (Lipinski definition) is 1. The molecule has 2 heteroatoms. The van der Waals surface area contributed by atoms with Crippen molar-refractivity contribution >= 4 is 44.1 Å². The van der Waals surface area contributed by atoms with E-state index in [0.29, 0.717) is 5.92 Å². The fraction of sp³-hybridized carbons (Fsp3) is 0.324. The van der Waals surface area contributed by atoms with Gasteiger partial charge in [-0.3, -0.25) is 0 Å². The van der Waals surface area contributed by atoms with E-state index in [1.807, 2.05) is 11.8 Å². The van der Waals surface area contributed by atoms with Crippen molar-refractivity contribution in [2.45, 2.75) is 64.2 Å². The molecular formula is C34H36NS+. The van der Waals surface area contributed by atoms with E-state index in [1.54, 1.807) is 0 Å². The Morgan fingerprint density at radius 1 is 0.861 bits per heavy atom. The quantitative estimate of drug-likeness (QED) is 0.177. The van der Waals surface area contributed by atoms with E-state index in [4.69, 9.17) is 0 Å². The Morgan fingerprint density at radius 2 is 1.58 bits per heavy atom. The Kier molecular flexibility index (Phi) is 5.46. The number of rotatable bonds is 3. The monoisotopic (exact) mass is 490 g/mol. The summed E-state index contributed by atoms with van der Waals surface area (Å²) in [6.07, 6.45) is 4.44. The summed E-state index contributed by atoms with van der Waals surface area (Å²) in [5.41, 5.74) is 7.41. The second-order valence-corrected chi connectivity index (χ2v) is 13.3. The summed E-state index contributed by atoms with van der Waals surface area (Å²) in [4.78, 5) is 2.86. The maximum absolute atomic E-state index is 2.50. The molecule has 0 radical (unpaired) electrons. The maximum atomic E-state index is 2.50. The van der Waals surface area contributed by atoms with Crippen molar-refractivity contribution in [1.82, 2.24) is 0 Å². The van der Waals surface area contributed by atoms with Crippen LogP contribution in [0.3, 0.4) is 0 Å². The van der Waals surface area contributed by atoms with Gasteiger partial charge in [0, 0.05) is 21.2 Å². The average Bonchev–Trinajstić information content (AvgIpc) is 2.82. The van der Waals surface area contributed by atoms with Crippen LogP contribution >= 0.6 is 11.8 Å². The molecule has 0 bridgehead atoms. The van der Waals surface area contributed by atoms with Crippen molar-refractivity contribution in [2.24, 2.45) is 18.4 Å². The molecule has 4 aromatic carbocycles. The van der Waals surface area contributed by atoms with Crippen LogP contribution in [0, 0.1) is 18.3 Å². The largest absolute Gasteiger partial charge is 0.222 e. The molecule has 0 aliphatic carbocycles. The van der Waals surface area contributed by atoms with Gasteiger partial charge in [0.15, 0.2) is 6.20 Å². The third-order valence-electron chi connectivity index (χ3n) is 7.65. The lowest BCUT2D eigenvalue weighted by molar-refractivity contribution is -0.659. The summed E-state index contributed by atoms with van der Waals surface area (Å²) < 4.78 is 2.36. The highest BCUT2D eigenvalue weighted by molar-refractivity contribution is 8.00. The van der Waals surface area contributed by atoms with E-state index in [2.05, 4.69) is 114 Å². The Bertz CT molecular complexity index is 1680. The van der Waals surface area contributed by atoms with Gasteiger partial charge in [-0.1, -0.05) is 88.8 Å². The molecule has 0 unspecified atom stereocenters. The lowest BCUT2D eigenvalue weighted by atomic mass is 9.85. The van der Waals surface area contributed by atoms with Gasteiger partial charge < -0.3 is 0 Å². The van der Waals surface area contributed by atoms with Crippen LogP contribution in [0.2, 0.25) is 0 Å². The zero-order chi connectivity index (χ0) is 25.4. The third-order valence-corrected chi connectivity index (χ3v) is 8.84. The molecule has 2 heterocycles. The predicted octanol–water partition coefficient (Wildman–Crippen LogP) is 9.20. The summed E-state index contributed by atoms with van der Waals surface area (Å²) in [5.74, 6) is 0.599. The fourth-order valence-corrected chi connectivity index (χ4v) is 7.59. The van der Waals surface area contributed by atoms with Crippen LogP contribution in [0.4, 0.5) is 0 Å². The van der Waals surface area contributed by atoms with Crippen LogP contribution < -0.4 is 4.57 Å². The number of fused-ring (bicyclic) bond motifs is 5. The summed E-state index contributed by atoms with van der Waals surface area (Å²) in [5, 5.41) is 8.38. The van der Waals surface area contributed by atoms with Crippen LogP contribution in [0.15, 0.2) is 70.6 Å². The summed E-state index contributed by atoms with van der Waals surface area (Å²) in [6, 6.07) is 20.8. The maximum Gasteiger partial charge on any atom is 0.222 e. The van der Waals surface area contributed by atoms with E-state index in [1.165, 1.54) is 70.1 Å². The Hall–Kier alpha value is -2.84. The topological polar surface area (TPSA) is 3.88 Å². The van der Waals surface area contributed by atoms with E-state index in [9.17, 15) is 0 Å². The zero-order valence-corrected chi connectivity index (χ0v) is 23.4. The summed E-state index contributed by atoms with van der Waals surface area (Å²) >= 11 is 2.01. The van der Waals surface area contributed by atoms with Gasteiger partial charge in [0.25, 0.3) is 0 Å². The first-order valence-corrected chi connectivity index (χ1v) is 14.0. The van der Waals surface area contributed by atoms with Gasteiger partial charge in [-0.15, -0.1) is 0 Å². The van der Waals surface area contributed by atoms with Crippen LogP contribution in [-0.2, 0) is 19.9 Å². The Balaban J connectivity index is 1.76. The van der Waals surface area contributed by atoms with E-state index in [-0.39, 0.29) is 5.41 Å². The molecule has 1 aliphatic rings. The smallest absolute Gasteiger partial charge is 0.200 e. The highest BCUT2D eigenvalue weighted by Gasteiger charge is 2.32. The Labute approximate surface area is 219 Å². The van der Waals surface area contributed by atoms with Gasteiger partial charge in [0.05, 0.1) is 10.9 Å². The minimum atomic E-state index is 0.245. The molecule has 0 N–H and O–H groups in total. The fourth-order valence-electron chi connectivity index (χ4n) is 6.22. The zero-order valence-electron chi connectivity index (χ0n) is 22.6. The lowest BCUT2D eigenvalue weighted by Crippen LogP contribution is -2.32. The molecule has 0 saturated carbocycles. The van der Waals surface area contributed by atoms with Crippen molar-refractivity contribution in [3.63, 3.8) is 0 Å². The van der Waals surface area contributed by atoms with Crippen molar-refractivity contribution in [1.29, 1.82) is 0 Å². The number of hydrogen-bond donors (Lipinski definition) is 0. The van der Waals surface area contributed by atoms with Crippen LogP contribution in [0.5, 0.6) is 0 Å². The Morgan fingerprint density at radius 3 is 2.31 bits per heavy atom. The molecule has 0 atom stereocenters. The first-order valence-electron chi connectivity index (χ1n) is 13.2. The second kappa shape index (κ2) is 8.35. The van der Waals surface area contributed by atoms with Gasteiger partial charge in [-0.05, 0) is 75.4 Å². The molecule has 1 aliphatic heterocycles. The molecule has 36 heavy (non-hydrogen) atoms. The number of nitrogens with zero attached hydrogens (tertiary/aromatic N) is 1. The average molecular weight is 491 g/mol. The number of aryl methyl sites for hydroxylation is 2. The highest BCUT2D eigenvalue weighted by Crippen LogP contribution is 2.53. The SMILES string of the molecule is Cc1c2c(c(CC(C)C)c3ccccc13)Sc1cc3c(CC(C)(C)C)cccc3c3cc[n+](C)c-2c13. The van der Waals surface area contributed by atoms with Gasteiger partial charge in [0.1, 0.15) is 7.05 Å². The van der Waals surface area contributed by atoms with Crippen molar-refractivity contribution in [3.05, 3.63) is 77.5 Å². The summed E-state index contributed by atoms with van der Waals surface area (Å²) in [7, 11) is 2.22. The number of benzene rings is 4. The van der Waals surface area contributed by atoms with Crippen molar-refractivity contribution in [2.75, 3.05) is 0 Å². The first kappa shape index (κ1) is 23.6. The standard InChI is InChI=1S/C34H36NS/c1-20(2)17-28-24-13-9-8-12-23(24)21(3)30-32-31-26(15-16-35(32)7)25-14-10-11-22(19-34(4,5)6)27(25)18-29(31)36-33(28)30/h8-16,18,20H,17,19H2,1-7H3/q+1. The predicted molar refractivity (Wildman–Crippen MR) is 156 cm³/mol. The first-order chi connectivity index (χ1) is 17.1. The van der Waals surface area contributed by atoms with Crippen molar-refractivity contribution in [3.8, 4) is 11.3 Å². The minimum Gasteiger partial charge on any atom is -0.200 e. The second-order valence-electron chi connectivity index (χ2n) is 12.2. The van der Waals surface area contributed by atoms with Crippen LogP contribution in [0.1, 0.15) is 51.3 Å². The van der Waals surface area contributed by atoms with Gasteiger partial charge in [-0.2, -0.15) is 0 Å². The minimum absolute atomic E-state index is 0.245. The number of aromatic nitrogens is 1. The van der Waals surface area contributed by atoms with E-state index in [0.717, 1.165) is 12.8 Å². The van der Waals surface area contributed by atoms with E-state index < -0.39 is 0 Å². The molecule has 5 aromatic rings. The van der Waals surface area contributed by atoms with Gasteiger partial charge in [0.2, 0.25) is 5.69 Å². The van der Waals surface area contributed by atoms with Gasteiger partial charge in [-0.25, -0.2) is 4.57 Å². The van der Waals surface area contributed by atoms with Crippen LogP contribution in [-0.4, -0.2) is 0 Å². The normalized spacial score (nSPS) is 13.2. The molecule has 1 nitrogen and oxygen atoms in total. The molecule has 1 aromatic heterocycles. The van der Waals surface area contributed by atoms with E-state index >= 15 is 0 Å². The van der Waals surface area contributed by atoms with Gasteiger partial charge >= 0.3 is 0 Å². The molecular weight excluding hydrogens is 454 g/mol. The highest BCUT2D eigenvalue weighted by atomic mass is 32.2. The molecule has 6 rings (SSSR count). The summed E-state index contributed by atoms with van der Waals surface area (Å²) in [6.45, 7) is 14.0. The van der Waals surface area contributed by atoms with Crippen LogP contribution in [0.25, 0.3) is 43.6 Å². The molecule has 0 fully saturated rings. The number of pyridine rings is 1. The molecule has 0 saturated heterocycles. The lowest BCUT2D eigenvalue weighted by Gasteiger charge is -2.26. The van der Waals surface area contributed by atoms with Crippen molar-refractivity contribution < 1.29 is 4.57 Å².